The van der Waals surface area contributed by atoms with Gasteiger partial charge in [-0.05, 0) is 47.7 Å². The number of sulfonamides is 1. The van der Waals surface area contributed by atoms with Gasteiger partial charge >= 0.3 is 0 Å². The summed E-state index contributed by atoms with van der Waals surface area (Å²) < 4.78 is 25.1. The van der Waals surface area contributed by atoms with E-state index >= 15 is 0 Å². The largest absolute Gasteiger partial charge is 0.346 e. The molecule has 0 heterocycles. The second-order valence-corrected chi connectivity index (χ2v) is 10.1. The molecule has 2 aromatic carbocycles. The van der Waals surface area contributed by atoms with Crippen LogP contribution in [0.1, 0.15) is 55.2 Å². The lowest BCUT2D eigenvalue weighted by Crippen LogP contribution is -2.30. The minimum Gasteiger partial charge on any atom is -0.346 e. The first kappa shape index (κ1) is 22.7. The van der Waals surface area contributed by atoms with Crippen molar-refractivity contribution in [1.29, 1.82) is 0 Å². The van der Waals surface area contributed by atoms with Crippen LogP contribution in [0.15, 0.2) is 61.2 Å². The Labute approximate surface area is 174 Å². The predicted molar refractivity (Wildman–Crippen MR) is 120 cm³/mol. The fraction of sp³-hybridized carbons (Fsp3) is 0.348. The molecular weight excluding hydrogens is 384 g/mol. The lowest BCUT2D eigenvalue weighted by molar-refractivity contribution is 0.0940. The summed E-state index contributed by atoms with van der Waals surface area (Å²) in [5, 5.41) is 2.99. The average Bonchev–Trinajstić information content (AvgIpc) is 2.64. The van der Waals surface area contributed by atoms with Crippen LogP contribution in [0.25, 0.3) is 0 Å². The SMILES string of the molecule is C=CCN(c1ccc(C(=O)NC(C)c2ccc(C(C)(C)C)cc2)cc1)S(C)(=O)=O. The lowest BCUT2D eigenvalue weighted by atomic mass is 9.86. The standard InChI is InChI=1S/C23H30N2O3S/c1-7-16-25(29(6,27)28)21-14-10-19(11-15-21)22(26)24-17(2)18-8-12-20(13-9-18)23(3,4)5/h7-15,17H,1,16H2,2-6H3,(H,24,26). The van der Waals surface area contributed by atoms with Crippen molar-refractivity contribution in [2.24, 2.45) is 0 Å². The monoisotopic (exact) mass is 414 g/mol. The Bertz CT molecular complexity index is 957. The third-order valence-corrected chi connectivity index (χ3v) is 5.90. The highest BCUT2D eigenvalue weighted by Crippen LogP contribution is 2.24. The summed E-state index contributed by atoms with van der Waals surface area (Å²) >= 11 is 0. The molecule has 156 valence electrons. The highest BCUT2D eigenvalue weighted by molar-refractivity contribution is 7.92. The maximum Gasteiger partial charge on any atom is 0.251 e. The van der Waals surface area contributed by atoms with Gasteiger partial charge in [0, 0.05) is 5.56 Å². The van der Waals surface area contributed by atoms with Crippen molar-refractivity contribution in [2.75, 3.05) is 17.1 Å². The third kappa shape index (κ3) is 5.94. The number of amides is 1. The number of carbonyl (C=O) groups excluding carboxylic acids is 1. The molecule has 5 nitrogen and oxygen atoms in total. The van der Waals surface area contributed by atoms with Crippen molar-refractivity contribution in [3.05, 3.63) is 77.9 Å². The number of hydrogen-bond acceptors (Lipinski definition) is 3. The highest BCUT2D eigenvalue weighted by Gasteiger charge is 2.18. The second-order valence-electron chi connectivity index (χ2n) is 8.20. The van der Waals surface area contributed by atoms with Crippen LogP contribution in [0, 0.1) is 0 Å². The van der Waals surface area contributed by atoms with Crippen LogP contribution in [0.3, 0.4) is 0 Å². The van der Waals surface area contributed by atoms with Crippen LogP contribution in [0.2, 0.25) is 0 Å². The van der Waals surface area contributed by atoms with Gasteiger partial charge < -0.3 is 5.32 Å². The fourth-order valence-electron chi connectivity index (χ4n) is 2.96. The number of anilines is 1. The van der Waals surface area contributed by atoms with Crippen LogP contribution in [0.4, 0.5) is 5.69 Å². The van der Waals surface area contributed by atoms with Gasteiger partial charge in [-0.3, -0.25) is 9.10 Å². The van der Waals surface area contributed by atoms with E-state index in [2.05, 4.69) is 44.8 Å². The van der Waals surface area contributed by atoms with Crippen molar-refractivity contribution in [2.45, 2.75) is 39.2 Å². The molecule has 0 fully saturated rings. The molecule has 29 heavy (non-hydrogen) atoms. The smallest absolute Gasteiger partial charge is 0.251 e. The normalized spacial score (nSPS) is 12.9. The Balaban J connectivity index is 2.11. The summed E-state index contributed by atoms with van der Waals surface area (Å²) in [5.74, 6) is -0.210. The molecule has 6 heteroatoms. The molecule has 1 unspecified atom stereocenters. The first-order valence-electron chi connectivity index (χ1n) is 9.53. The number of carbonyl (C=O) groups is 1. The van der Waals surface area contributed by atoms with E-state index in [1.54, 1.807) is 24.3 Å². The number of nitrogens with zero attached hydrogens (tertiary/aromatic N) is 1. The Kier molecular flexibility index (Phi) is 6.90. The van der Waals surface area contributed by atoms with Crippen LogP contribution >= 0.6 is 0 Å². The second kappa shape index (κ2) is 8.82. The minimum absolute atomic E-state index is 0.0816. The van der Waals surface area contributed by atoms with E-state index in [0.29, 0.717) is 11.3 Å². The van der Waals surface area contributed by atoms with Gasteiger partial charge in [-0.2, -0.15) is 0 Å². The third-order valence-electron chi connectivity index (χ3n) is 4.74. The first-order chi connectivity index (χ1) is 13.4. The number of hydrogen-bond donors (Lipinski definition) is 1. The topological polar surface area (TPSA) is 66.5 Å². The van der Waals surface area contributed by atoms with E-state index in [1.807, 2.05) is 19.1 Å². The Morgan fingerprint density at radius 2 is 1.66 bits per heavy atom. The molecule has 0 radical (unpaired) electrons. The zero-order chi connectivity index (χ0) is 21.8. The van der Waals surface area contributed by atoms with E-state index in [4.69, 9.17) is 0 Å². The molecule has 0 aliphatic heterocycles. The van der Waals surface area contributed by atoms with Gasteiger partial charge in [0.05, 0.1) is 24.5 Å². The van der Waals surface area contributed by atoms with Crippen molar-refractivity contribution >= 4 is 21.6 Å². The molecule has 1 atom stereocenters. The fourth-order valence-corrected chi connectivity index (χ4v) is 3.84. The van der Waals surface area contributed by atoms with E-state index in [1.165, 1.54) is 15.9 Å². The Hall–Kier alpha value is -2.60. The molecule has 0 spiro atoms. The van der Waals surface area contributed by atoms with Crippen molar-refractivity contribution in [1.82, 2.24) is 5.32 Å². The minimum atomic E-state index is -3.42. The van der Waals surface area contributed by atoms with Gasteiger partial charge in [0.25, 0.3) is 5.91 Å². The van der Waals surface area contributed by atoms with Gasteiger partial charge in [0.1, 0.15) is 0 Å². The summed E-state index contributed by atoms with van der Waals surface area (Å²) in [5.41, 5.74) is 3.31. The number of benzene rings is 2. The molecule has 0 saturated carbocycles. The summed E-state index contributed by atoms with van der Waals surface area (Å²) in [7, 11) is -3.42. The summed E-state index contributed by atoms with van der Waals surface area (Å²) in [6.07, 6.45) is 2.66. The highest BCUT2D eigenvalue weighted by atomic mass is 32.2. The Morgan fingerprint density at radius 3 is 2.10 bits per heavy atom. The molecule has 1 N–H and O–H groups in total. The summed E-state index contributed by atoms with van der Waals surface area (Å²) in [6.45, 7) is 12.2. The van der Waals surface area contributed by atoms with E-state index in [-0.39, 0.29) is 23.9 Å². The van der Waals surface area contributed by atoms with Crippen molar-refractivity contribution in [3.8, 4) is 0 Å². The Morgan fingerprint density at radius 1 is 1.10 bits per heavy atom. The van der Waals surface area contributed by atoms with Crippen LogP contribution < -0.4 is 9.62 Å². The number of nitrogens with one attached hydrogen (secondary N) is 1. The predicted octanol–water partition coefficient (Wildman–Crippen LogP) is 4.43. The van der Waals surface area contributed by atoms with Gasteiger partial charge in [-0.25, -0.2) is 8.42 Å². The van der Waals surface area contributed by atoms with Crippen LogP contribution in [-0.2, 0) is 15.4 Å². The van der Waals surface area contributed by atoms with Crippen molar-refractivity contribution < 1.29 is 13.2 Å². The molecule has 0 aliphatic carbocycles. The maximum atomic E-state index is 12.6. The molecular formula is C23H30N2O3S. The molecule has 1 amide bonds. The van der Waals surface area contributed by atoms with E-state index in [0.717, 1.165) is 11.8 Å². The molecule has 2 rings (SSSR count). The molecule has 0 aliphatic rings. The molecule has 0 aromatic heterocycles. The van der Waals surface area contributed by atoms with E-state index in [9.17, 15) is 13.2 Å². The summed E-state index contributed by atoms with van der Waals surface area (Å²) in [4.78, 5) is 12.6. The maximum absolute atomic E-state index is 12.6. The van der Waals surface area contributed by atoms with Crippen molar-refractivity contribution in [3.63, 3.8) is 0 Å². The van der Waals surface area contributed by atoms with Gasteiger partial charge in [0.2, 0.25) is 10.0 Å². The van der Waals surface area contributed by atoms with Gasteiger partial charge in [-0.1, -0.05) is 51.1 Å². The zero-order valence-electron chi connectivity index (χ0n) is 17.8. The summed E-state index contributed by atoms with van der Waals surface area (Å²) in [6, 6.07) is 14.6. The van der Waals surface area contributed by atoms with Crippen LogP contribution in [0.5, 0.6) is 0 Å². The van der Waals surface area contributed by atoms with Crippen LogP contribution in [-0.4, -0.2) is 27.1 Å². The number of rotatable bonds is 7. The van der Waals surface area contributed by atoms with Gasteiger partial charge in [-0.15, -0.1) is 6.58 Å². The average molecular weight is 415 g/mol. The molecule has 0 saturated heterocycles. The lowest BCUT2D eigenvalue weighted by Gasteiger charge is -2.21. The first-order valence-corrected chi connectivity index (χ1v) is 11.4. The quantitative estimate of drug-likeness (QED) is 0.682. The molecule has 2 aromatic rings. The van der Waals surface area contributed by atoms with E-state index < -0.39 is 10.0 Å². The van der Waals surface area contributed by atoms with Gasteiger partial charge in [0.15, 0.2) is 0 Å². The molecule has 0 bridgehead atoms. The zero-order valence-corrected chi connectivity index (χ0v) is 18.6.